The van der Waals surface area contributed by atoms with Crippen LogP contribution in [-0.4, -0.2) is 45.6 Å². The molecule has 2 unspecified atom stereocenters. The van der Waals surface area contributed by atoms with Crippen LogP contribution in [0.1, 0.15) is 37.5 Å². The van der Waals surface area contributed by atoms with Gasteiger partial charge in [0.25, 0.3) is 0 Å². The SMILES string of the molecule is CN1CCCC1c1nc2cccnc2n1CC1CCCN1. The van der Waals surface area contributed by atoms with Crippen LogP contribution in [0.15, 0.2) is 18.3 Å². The van der Waals surface area contributed by atoms with E-state index in [1.807, 2.05) is 12.3 Å². The van der Waals surface area contributed by atoms with Crippen LogP contribution in [0.25, 0.3) is 11.2 Å². The zero-order chi connectivity index (χ0) is 14.2. The van der Waals surface area contributed by atoms with E-state index in [4.69, 9.17) is 4.98 Å². The number of nitrogens with one attached hydrogen (secondary N) is 1. The fourth-order valence-corrected chi connectivity index (χ4v) is 3.78. The van der Waals surface area contributed by atoms with Gasteiger partial charge >= 0.3 is 0 Å². The van der Waals surface area contributed by atoms with Crippen molar-refractivity contribution in [2.75, 3.05) is 20.1 Å². The summed E-state index contributed by atoms with van der Waals surface area (Å²) in [6, 6.07) is 5.07. The van der Waals surface area contributed by atoms with Crippen LogP contribution in [0.4, 0.5) is 0 Å². The molecular formula is C16H23N5. The van der Waals surface area contributed by atoms with Gasteiger partial charge in [-0.15, -0.1) is 0 Å². The molecule has 0 amide bonds. The molecule has 2 saturated heterocycles. The molecule has 0 spiro atoms. The smallest absolute Gasteiger partial charge is 0.160 e. The molecule has 2 aromatic heterocycles. The molecule has 112 valence electrons. The molecule has 2 fully saturated rings. The van der Waals surface area contributed by atoms with Gasteiger partial charge in [-0.3, -0.25) is 4.90 Å². The zero-order valence-electron chi connectivity index (χ0n) is 12.6. The van der Waals surface area contributed by atoms with Gasteiger partial charge in [-0.25, -0.2) is 9.97 Å². The summed E-state index contributed by atoms with van der Waals surface area (Å²) in [4.78, 5) is 11.9. The van der Waals surface area contributed by atoms with Crippen molar-refractivity contribution >= 4 is 11.2 Å². The lowest BCUT2D eigenvalue weighted by Gasteiger charge is -2.21. The molecular weight excluding hydrogens is 262 g/mol. The van der Waals surface area contributed by atoms with E-state index in [2.05, 4.69) is 32.9 Å². The van der Waals surface area contributed by atoms with Crippen molar-refractivity contribution in [2.45, 2.75) is 44.3 Å². The summed E-state index contributed by atoms with van der Waals surface area (Å²) < 4.78 is 2.37. The molecule has 2 aliphatic heterocycles. The Kier molecular flexibility index (Phi) is 3.39. The van der Waals surface area contributed by atoms with Crippen LogP contribution in [0.5, 0.6) is 0 Å². The van der Waals surface area contributed by atoms with Crippen LogP contribution in [-0.2, 0) is 6.54 Å². The normalized spacial score (nSPS) is 26.9. The van der Waals surface area contributed by atoms with Gasteiger partial charge in [0.1, 0.15) is 11.3 Å². The lowest BCUT2D eigenvalue weighted by Crippen LogP contribution is -2.29. The van der Waals surface area contributed by atoms with Crippen molar-refractivity contribution in [3.8, 4) is 0 Å². The topological polar surface area (TPSA) is 46.0 Å². The maximum atomic E-state index is 4.92. The molecule has 1 N–H and O–H groups in total. The largest absolute Gasteiger partial charge is 0.312 e. The Hall–Kier alpha value is -1.46. The molecule has 0 aromatic carbocycles. The van der Waals surface area contributed by atoms with Gasteiger partial charge in [0, 0.05) is 18.8 Å². The first-order chi connectivity index (χ1) is 10.3. The number of fused-ring (bicyclic) bond motifs is 1. The average molecular weight is 285 g/mol. The summed E-state index contributed by atoms with van der Waals surface area (Å²) in [6.07, 6.45) is 6.89. The van der Waals surface area contributed by atoms with E-state index in [1.165, 1.54) is 38.1 Å². The van der Waals surface area contributed by atoms with E-state index in [9.17, 15) is 0 Å². The quantitative estimate of drug-likeness (QED) is 0.936. The molecule has 2 atom stereocenters. The van der Waals surface area contributed by atoms with E-state index < -0.39 is 0 Å². The molecule has 0 saturated carbocycles. The zero-order valence-corrected chi connectivity index (χ0v) is 12.6. The highest BCUT2D eigenvalue weighted by Gasteiger charge is 2.29. The second-order valence-corrected chi connectivity index (χ2v) is 6.36. The van der Waals surface area contributed by atoms with Gasteiger partial charge in [-0.1, -0.05) is 0 Å². The number of hydrogen-bond acceptors (Lipinski definition) is 4. The van der Waals surface area contributed by atoms with E-state index in [-0.39, 0.29) is 0 Å². The van der Waals surface area contributed by atoms with Gasteiger partial charge in [0.05, 0.1) is 6.04 Å². The first-order valence-corrected chi connectivity index (χ1v) is 8.08. The number of hydrogen-bond donors (Lipinski definition) is 1. The molecule has 4 rings (SSSR count). The minimum absolute atomic E-state index is 0.445. The van der Waals surface area contributed by atoms with E-state index in [0.29, 0.717) is 12.1 Å². The van der Waals surface area contributed by atoms with Crippen LogP contribution in [0.3, 0.4) is 0 Å². The number of nitrogens with zero attached hydrogens (tertiary/aromatic N) is 4. The number of aromatic nitrogens is 3. The Labute approximate surface area is 125 Å². The van der Waals surface area contributed by atoms with Crippen molar-refractivity contribution in [1.82, 2.24) is 24.8 Å². The first-order valence-electron chi connectivity index (χ1n) is 8.08. The van der Waals surface area contributed by atoms with E-state index >= 15 is 0 Å². The molecule has 4 heterocycles. The van der Waals surface area contributed by atoms with Crippen LogP contribution >= 0.6 is 0 Å². The summed E-state index contributed by atoms with van der Waals surface area (Å²) in [5.41, 5.74) is 2.08. The first kappa shape index (κ1) is 13.2. The fourth-order valence-electron chi connectivity index (χ4n) is 3.78. The summed E-state index contributed by atoms with van der Waals surface area (Å²) in [5.74, 6) is 1.21. The van der Waals surface area contributed by atoms with Gasteiger partial charge in [0.15, 0.2) is 5.65 Å². The Bertz CT molecular complexity index is 629. The van der Waals surface area contributed by atoms with Crippen molar-refractivity contribution in [3.63, 3.8) is 0 Å². The number of rotatable bonds is 3. The Balaban J connectivity index is 1.76. The molecule has 0 radical (unpaired) electrons. The minimum Gasteiger partial charge on any atom is -0.312 e. The summed E-state index contributed by atoms with van der Waals surface area (Å²) in [7, 11) is 2.21. The van der Waals surface area contributed by atoms with Gasteiger partial charge in [0.2, 0.25) is 0 Å². The molecule has 2 aromatic rings. The fraction of sp³-hybridized carbons (Fsp3) is 0.625. The van der Waals surface area contributed by atoms with Crippen molar-refractivity contribution < 1.29 is 0 Å². The van der Waals surface area contributed by atoms with Crippen molar-refractivity contribution in [2.24, 2.45) is 0 Å². The van der Waals surface area contributed by atoms with Crippen LogP contribution in [0.2, 0.25) is 0 Å². The average Bonchev–Trinajstić information content (AvgIpc) is 3.20. The van der Waals surface area contributed by atoms with Gasteiger partial charge in [-0.05, 0) is 58.0 Å². The van der Waals surface area contributed by atoms with E-state index in [1.54, 1.807) is 0 Å². The van der Waals surface area contributed by atoms with Crippen molar-refractivity contribution in [3.05, 3.63) is 24.2 Å². The predicted octanol–water partition coefficient (Wildman–Crippen LogP) is 1.95. The molecule has 5 nitrogen and oxygen atoms in total. The monoisotopic (exact) mass is 285 g/mol. The number of pyridine rings is 1. The highest BCUT2D eigenvalue weighted by atomic mass is 15.2. The second kappa shape index (κ2) is 5.39. The highest BCUT2D eigenvalue weighted by Crippen LogP contribution is 2.32. The van der Waals surface area contributed by atoms with Crippen LogP contribution in [0, 0.1) is 0 Å². The summed E-state index contributed by atoms with van der Waals surface area (Å²) in [6.45, 7) is 3.31. The third-order valence-corrected chi connectivity index (χ3v) is 4.92. The lowest BCUT2D eigenvalue weighted by molar-refractivity contribution is 0.296. The minimum atomic E-state index is 0.445. The second-order valence-electron chi connectivity index (χ2n) is 6.36. The molecule has 21 heavy (non-hydrogen) atoms. The number of likely N-dealkylation sites (tertiary alicyclic amines) is 1. The Morgan fingerprint density at radius 2 is 2.29 bits per heavy atom. The molecule has 5 heteroatoms. The third-order valence-electron chi connectivity index (χ3n) is 4.92. The lowest BCUT2D eigenvalue weighted by atomic mass is 10.2. The van der Waals surface area contributed by atoms with E-state index in [0.717, 1.165) is 24.3 Å². The maximum absolute atomic E-state index is 4.92. The number of imidazole rings is 1. The third kappa shape index (κ3) is 2.34. The maximum Gasteiger partial charge on any atom is 0.160 e. The van der Waals surface area contributed by atoms with Crippen molar-refractivity contribution in [1.29, 1.82) is 0 Å². The molecule has 0 bridgehead atoms. The van der Waals surface area contributed by atoms with Crippen LogP contribution < -0.4 is 5.32 Å². The molecule has 0 aliphatic carbocycles. The summed E-state index contributed by atoms with van der Waals surface area (Å²) in [5, 5.41) is 3.60. The van der Waals surface area contributed by atoms with Gasteiger partial charge < -0.3 is 9.88 Å². The molecule has 2 aliphatic rings. The standard InChI is InChI=1S/C16H23N5/c1-20-10-4-7-14(20)16-19-13-6-3-9-18-15(13)21(16)11-12-5-2-8-17-12/h3,6,9,12,14,17H,2,4-5,7-8,10-11H2,1H3. The summed E-state index contributed by atoms with van der Waals surface area (Å²) >= 11 is 0. The Morgan fingerprint density at radius 3 is 3.05 bits per heavy atom. The Morgan fingerprint density at radius 1 is 1.33 bits per heavy atom. The van der Waals surface area contributed by atoms with Gasteiger partial charge in [-0.2, -0.15) is 0 Å². The predicted molar refractivity (Wildman–Crippen MR) is 83.2 cm³/mol. The highest BCUT2D eigenvalue weighted by molar-refractivity contribution is 5.71.